The topological polar surface area (TPSA) is 40.5 Å². The van der Waals surface area contributed by atoms with Crippen molar-refractivity contribution in [2.24, 2.45) is 0 Å². The van der Waals surface area contributed by atoms with E-state index in [1.165, 1.54) is 11.1 Å². The van der Waals surface area contributed by atoms with Crippen molar-refractivity contribution < 1.29 is 9.90 Å². The average molecular weight is 340 g/mol. The summed E-state index contributed by atoms with van der Waals surface area (Å²) in [6.07, 6.45) is 3.44. The maximum Gasteiger partial charge on any atom is 0.304 e. The molecule has 0 aromatic heterocycles. The molecule has 20 heavy (non-hydrogen) atoms. The van der Waals surface area contributed by atoms with Crippen molar-refractivity contribution in [3.05, 3.63) is 33.8 Å². The molecule has 2 unspecified atom stereocenters. The van der Waals surface area contributed by atoms with Crippen molar-refractivity contribution in [2.45, 2.75) is 51.6 Å². The molecule has 1 aromatic rings. The van der Waals surface area contributed by atoms with Gasteiger partial charge < -0.3 is 5.11 Å². The van der Waals surface area contributed by atoms with Crippen molar-refractivity contribution in [3.63, 3.8) is 0 Å². The highest BCUT2D eigenvalue weighted by atomic mass is 79.9. The number of nitrogens with zero attached hydrogens (tertiary/aromatic N) is 1. The highest BCUT2D eigenvalue weighted by Crippen LogP contribution is 2.28. The van der Waals surface area contributed by atoms with Gasteiger partial charge in [0.05, 0.1) is 6.42 Å². The molecule has 0 heterocycles. The number of carboxylic acids is 1. The predicted molar refractivity (Wildman–Crippen MR) is 84.0 cm³/mol. The van der Waals surface area contributed by atoms with E-state index in [2.05, 4.69) is 46.0 Å². The van der Waals surface area contributed by atoms with Gasteiger partial charge in [0, 0.05) is 16.6 Å². The van der Waals surface area contributed by atoms with E-state index >= 15 is 0 Å². The van der Waals surface area contributed by atoms with E-state index < -0.39 is 5.97 Å². The number of aliphatic carboxylic acids is 1. The van der Waals surface area contributed by atoms with Crippen LogP contribution in [0.2, 0.25) is 0 Å². The Morgan fingerprint density at radius 1 is 1.50 bits per heavy atom. The van der Waals surface area contributed by atoms with Crippen LogP contribution in [0.25, 0.3) is 0 Å². The lowest BCUT2D eigenvalue weighted by Gasteiger charge is -2.38. The SMILES string of the molecule is CCN(C(C)CC(=O)O)C1CCc2cc(Br)ccc2C1. The average Bonchev–Trinajstić information content (AvgIpc) is 2.38. The quantitative estimate of drug-likeness (QED) is 0.892. The van der Waals surface area contributed by atoms with Gasteiger partial charge >= 0.3 is 5.97 Å². The van der Waals surface area contributed by atoms with Gasteiger partial charge in [-0.1, -0.05) is 28.9 Å². The van der Waals surface area contributed by atoms with E-state index in [4.69, 9.17) is 5.11 Å². The summed E-state index contributed by atoms with van der Waals surface area (Å²) in [5, 5.41) is 8.98. The standard InChI is InChI=1S/C16H22BrNO2/c1-3-18(11(2)8-16(19)20)15-7-5-12-9-14(17)6-4-13(12)10-15/h4,6,9,11,15H,3,5,7-8,10H2,1-2H3,(H,19,20). The van der Waals surface area contributed by atoms with E-state index in [-0.39, 0.29) is 12.5 Å². The molecule has 0 fully saturated rings. The van der Waals surface area contributed by atoms with Crippen LogP contribution in [0.15, 0.2) is 22.7 Å². The Labute approximate surface area is 129 Å². The van der Waals surface area contributed by atoms with Crippen molar-refractivity contribution in [1.82, 2.24) is 4.90 Å². The zero-order valence-electron chi connectivity index (χ0n) is 12.1. The van der Waals surface area contributed by atoms with Crippen LogP contribution in [0.5, 0.6) is 0 Å². The fourth-order valence-electron chi connectivity index (χ4n) is 3.29. The minimum Gasteiger partial charge on any atom is -0.481 e. The highest BCUT2D eigenvalue weighted by Gasteiger charge is 2.27. The third-order valence-electron chi connectivity index (χ3n) is 4.24. The Kier molecular flexibility index (Phi) is 5.22. The summed E-state index contributed by atoms with van der Waals surface area (Å²) in [7, 11) is 0. The lowest BCUT2D eigenvalue weighted by molar-refractivity contribution is -0.138. The van der Waals surface area contributed by atoms with E-state index in [1.54, 1.807) is 0 Å². The summed E-state index contributed by atoms with van der Waals surface area (Å²) in [5.74, 6) is -0.712. The first-order chi connectivity index (χ1) is 9.51. The lowest BCUT2D eigenvalue weighted by Crippen LogP contribution is -2.45. The number of hydrogen-bond acceptors (Lipinski definition) is 2. The molecule has 0 saturated heterocycles. The number of rotatable bonds is 5. The molecule has 0 radical (unpaired) electrons. The van der Waals surface area contributed by atoms with Gasteiger partial charge in [-0.3, -0.25) is 9.69 Å². The predicted octanol–water partition coefficient (Wildman–Crippen LogP) is 3.49. The summed E-state index contributed by atoms with van der Waals surface area (Å²) in [5.41, 5.74) is 2.84. The Morgan fingerprint density at radius 3 is 2.90 bits per heavy atom. The first-order valence-electron chi connectivity index (χ1n) is 7.26. The second kappa shape index (κ2) is 6.72. The number of fused-ring (bicyclic) bond motifs is 1. The van der Waals surface area contributed by atoms with Crippen LogP contribution in [-0.2, 0) is 17.6 Å². The number of likely N-dealkylation sites (N-methyl/N-ethyl adjacent to an activating group) is 1. The van der Waals surface area contributed by atoms with Crippen LogP contribution in [-0.4, -0.2) is 34.6 Å². The third kappa shape index (κ3) is 3.61. The maximum atomic E-state index is 10.9. The molecule has 0 aliphatic heterocycles. The molecular weight excluding hydrogens is 318 g/mol. The molecule has 1 aliphatic rings. The van der Waals surface area contributed by atoms with E-state index in [1.807, 2.05) is 6.92 Å². The molecule has 0 spiro atoms. The number of benzene rings is 1. The third-order valence-corrected chi connectivity index (χ3v) is 4.73. The smallest absolute Gasteiger partial charge is 0.304 e. The van der Waals surface area contributed by atoms with Crippen LogP contribution in [0.1, 0.15) is 37.8 Å². The van der Waals surface area contributed by atoms with Crippen LogP contribution >= 0.6 is 15.9 Å². The number of hydrogen-bond donors (Lipinski definition) is 1. The number of carboxylic acid groups (broad SMARTS) is 1. The van der Waals surface area contributed by atoms with E-state index in [0.29, 0.717) is 6.04 Å². The van der Waals surface area contributed by atoms with Gasteiger partial charge in [0.2, 0.25) is 0 Å². The maximum absolute atomic E-state index is 10.9. The Morgan fingerprint density at radius 2 is 2.25 bits per heavy atom. The molecule has 110 valence electrons. The molecule has 1 aliphatic carbocycles. The highest BCUT2D eigenvalue weighted by molar-refractivity contribution is 9.10. The molecule has 0 amide bonds. The summed E-state index contributed by atoms with van der Waals surface area (Å²) in [6.45, 7) is 5.05. The molecular formula is C16H22BrNO2. The van der Waals surface area contributed by atoms with Gasteiger partial charge in [0.1, 0.15) is 0 Å². The summed E-state index contributed by atoms with van der Waals surface area (Å²) in [4.78, 5) is 13.3. The molecule has 4 heteroatoms. The zero-order chi connectivity index (χ0) is 14.7. The zero-order valence-corrected chi connectivity index (χ0v) is 13.7. The van der Waals surface area contributed by atoms with E-state index in [9.17, 15) is 4.79 Å². The fourth-order valence-corrected chi connectivity index (χ4v) is 3.70. The first-order valence-corrected chi connectivity index (χ1v) is 8.05. The second-order valence-corrected chi connectivity index (χ2v) is 6.50. The Hall–Kier alpha value is -0.870. The van der Waals surface area contributed by atoms with Crippen LogP contribution in [0.4, 0.5) is 0 Å². The molecule has 1 N–H and O–H groups in total. The van der Waals surface area contributed by atoms with Crippen molar-refractivity contribution in [1.29, 1.82) is 0 Å². The van der Waals surface area contributed by atoms with E-state index in [0.717, 1.165) is 30.3 Å². The van der Waals surface area contributed by atoms with Gasteiger partial charge in [0.25, 0.3) is 0 Å². The van der Waals surface area contributed by atoms with Crippen LogP contribution in [0.3, 0.4) is 0 Å². The second-order valence-electron chi connectivity index (χ2n) is 5.59. The number of halogens is 1. The minimum atomic E-state index is -0.712. The normalized spacial score (nSPS) is 19.7. The lowest BCUT2D eigenvalue weighted by atomic mass is 9.87. The molecule has 2 rings (SSSR count). The summed E-state index contributed by atoms with van der Waals surface area (Å²) < 4.78 is 1.14. The van der Waals surface area contributed by atoms with Gasteiger partial charge in [0.15, 0.2) is 0 Å². The van der Waals surface area contributed by atoms with Crippen LogP contribution < -0.4 is 0 Å². The largest absolute Gasteiger partial charge is 0.481 e. The van der Waals surface area contributed by atoms with Gasteiger partial charge in [-0.2, -0.15) is 0 Å². The fraction of sp³-hybridized carbons (Fsp3) is 0.562. The molecule has 0 saturated carbocycles. The van der Waals surface area contributed by atoms with Crippen molar-refractivity contribution in [2.75, 3.05) is 6.54 Å². The van der Waals surface area contributed by atoms with Gasteiger partial charge in [-0.25, -0.2) is 0 Å². The number of aryl methyl sites for hydroxylation is 1. The number of carbonyl (C=O) groups is 1. The Balaban J connectivity index is 2.10. The monoisotopic (exact) mass is 339 g/mol. The van der Waals surface area contributed by atoms with Gasteiger partial charge in [-0.15, -0.1) is 0 Å². The minimum absolute atomic E-state index is 0.0968. The van der Waals surface area contributed by atoms with Crippen molar-refractivity contribution >= 4 is 21.9 Å². The molecule has 0 bridgehead atoms. The molecule has 2 atom stereocenters. The van der Waals surface area contributed by atoms with Crippen LogP contribution in [0, 0.1) is 0 Å². The Bertz CT molecular complexity index is 489. The van der Waals surface area contributed by atoms with Crippen molar-refractivity contribution in [3.8, 4) is 0 Å². The summed E-state index contributed by atoms with van der Waals surface area (Å²) in [6, 6.07) is 7.06. The summed E-state index contributed by atoms with van der Waals surface area (Å²) >= 11 is 3.52. The van der Waals surface area contributed by atoms with Gasteiger partial charge in [-0.05, 0) is 56.0 Å². The first kappa shape index (κ1) is 15.5. The molecule has 1 aromatic carbocycles. The molecule has 3 nitrogen and oxygen atoms in total.